The Morgan fingerprint density at radius 3 is 2.71 bits per heavy atom. The normalized spacial score (nSPS) is 16.7. The number of fused-ring (bicyclic) bond motifs is 2. The number of halogens is 1. The number of aryl methyl sites for hydroxylation is 1. The van der Waals surface area contributed by atoms with E-state index in [2.05, 4.69) is 9.97 Å². The minimum atomic E-state index is -0.898. The van der Waals surface area contributed by atoms with Gasteiger partial charge in [0.25, 0.3) is 5.56 Å². The van der Waals surface area contributed by atoms with E-state index in [1.807, 2.05) is 48.2 Å². The van der Waals surface area contributed by atoms with Crippen molar-refractivity contribution < 1.29 is 13.9 Å². The van der Waals surface area contributed by atoms with E-state index in [0.29, 0.717) is 34.7 Å². The van der Waals surface area contributed by atoms with Gasteiger partial charge in [0.15, 0.2) is 0 Å². The number of nitrogens with one attached hydrogen (secondary N) is 1. The molecular weight excluding hydrogens is 485 g/mol. The molecule has 0 bridgehead atoms. The van der Waals surface area contributed by atoms with Gasteiger partial charge in [-0.1, -0.05) is 30.3 Å². The number of para-hydroxylation sites is 1. The summed E-state index contributed by atoms with van der Waals surface area (Å²) in [5.74, 6) is -1.20. The molecule has 0 amide bonds. The minimum absolute atomic E-state index is 0.183. The first kappa shape index (κ1) is 25.4. The van der Waals surface area contributed by atoms with Crippen LogP contribution < -0.4 is 16.2 Å². The highest BCUT2D eigenvalue weighted by molar-refractivity contribution is 5.88. The number of nitrogens with zero attached hydrogens (tertiary/aromatic N) is 3. The van der Waals surface area contributed by atoms with Gasteiger partial charge in [-0.2, -0.15) is 0 Å². The number of nitrogen functional groups attached to an aromatic ring is 1. The van der Waals surface area contributed by atoms with Gasteiger partial charge in [0.2, 0.25) is 0 Å². The van der Waals surface area contributed by atoms with Crippen LogP contribution in [0.2, 0.25) is 0 Å². The maximum absolute atomic E-state index is 15.0. The number of carbonyl (C=O) groups excluding carboxylic acids is 1. The predicted octanol–water partition coefficient (Wildman–Crippen LogP) is 3.58. The fourth-order valence-corrected chi connectivity index (χ4v) is 5.15. The third-order valence-electron chi connectivity index (χ3n) is 6.97. The second-order valence-electron chi connectivity index (χ2n) is 9.86. The summed E-state index contributed by atoms with van der Waals surface area (Å²) in [6.07, 6.45) is 1.55. The molecule has 2 atom stereocenters. The first-order valence-corrected chi connectivity index (χ1v) is 12.4. The molecule has 9 heteroatoms. The molecule has 2 aromatic heterocycles. The van der Waals surface area contributed by atoms with Crippen molar-refractivity contribution in [2.45, 2.75) is 25.4 Å². The van der Waals surface area contributed by atoms with Crippen molar-refractivity contribution in [3.63, 3.8) is 0 Å². The van der Waals surface area contributed by atoms with Crippen LogP contribution >= 0.6 is 0 Å². The fraction of sp³-hybridized carbons (Fsp3) is 0.276. The maximum atomic E-state index is 15.0. The number of aromatic amines is 1. The van der Waals surface area contributed by atoms with E-state index in [-0.39, 0.29) is 18.7 Å². The first-order chi connectivity index (χ1) is 18.2. The molecule has 0 saturated carbocycles. The summed E-state index contributed by atoms with van der Waals surface area (Å²) < 4.78 is 20.7. The Morgan fingerprint density at radius 1 is 1.16 bits per heavy atom. The summed E-state index contributed by atoms with van der Waals surface area (Å²) in [6, 6.07) is 15.1. The number of hydrogen-bond donors (Lipinski definition) is 2. The number of benzene rings is 2. The van der Waals surface area contributed by atoms with Crippen LogP contribution in [0, 0.1) is 12.7 Å². The van der Waals surface area contributed by atoms with Crippen LogP contribution in [0.1, 0.15) is 28.2 Å². The summed E-state index contributed by atoms with van der Waals surface area (Å²) >= 11 is 0. The summed E-state index contributed by atoms with van der Waals surface area (Å²) in [5, 5.41) is 0.872. The van der Waals surface area contributed by atoms with E-state index >= 15 is 0 Å². The largest absolute Gasteiger partial charge is 0.463 e. The number of aromatic nitrogens is 2. The Labute approximate surface area is 219 Å². The summed E-state index contributed by atoms with van der Waals surface area (Å²) in [4.78, 5) is 37.6. The zero-order chi connectivity index (χ0) is 27.0. The van der Waals surface area contributed by atoms with Crippen molar-refractivity contribution in [1.29, 1.82) is 0 Å². The topological polar surface area (TPSA) is 105 Å². The number of pyridine rings is 2. The molecule has 4 aromatic rings. The summed E-state index contributed by atoms with van der Waals surface area (Å²) in [5.41, 5.74) is 9.45. The Hall–Kier alpha value is -4.24. The lowest BCUT2D eigenvalue weighted by atomic mass is 9.87. The highest BCUT2D eigenvalue weighted by Gasteiger charge is 2.46. The van der Waals surface area contributed by atoms with Gasteiger partial charge in [0, 0.05) is 41.8 Å². The molecule has 0 spiro atoms. The van der Waals surface area contributed by atoms with Crippen LogP contribution in [0.4, 0.5) is 15.9 Å². The number of rotatable bonds is 7. The zero-order valence-electron chi connectivity index (χ0n) is 21.6. The molecular formula is C29H30FN5O3. The van der Waals surface area contributed by atoms with E-state index < -0.39 is 23.7 Å². The second-order valence-corrected chi connectivity index (χ2v) is 9.86. The van der Waals surface area contributed by atoms with Crippen LogP contribution in [0.3, 0.4) is 0 Å². The molecule has 0 radical (unpaired) electrons. The van der Waals surface area contributed by atoms with Gasteiger partial charge in [0.05, 0.1) is 5.52 Å². The van der Waals surface area contributed by atoms with Gasteiger partial charge in [-0.15, -0.1) is 0 Å². The van der Waals surface area contributed by atoms with Crippen molar-refractivity contribution in [3.05, 3.63) is 99.2 Å². The van der Waals surface area contributed by atoms with Gasteiger partial charge in [-0.3, -0.25) is 4.79 Å². The number of esters is 1. The fourth-order valence-electron chi connectivity index (χ4n) is 5.15. The molecule has 0 aliphatic carbocycles. The lowest BCUT2D eigenvalue weighted by Gasteiger charge is -2.29. The molecule has 2 unspecified atom stereocenters. The van der Waals surface area contributed by atoms with Gasteiger partial charge in [0.1, 0.15) is 24.3 Å². The van der Waals surface area contributed by atoms with E-state index in [1.54, 1.807) is 37.4 Å². The van der Waals surface area contributed by atoms with Crippen molar-refractivity contribution in [1.82, 2.24) is 14.9 Å². The van der Waals surface area contributed by atoms with Crippen molar-refractivity contribution in [2.24, 2.45) is 0 Å². The molecule has 1 aliphatic heterocycles. The number of carbonyl (C=O) groups is 1. The van der Waals surface area contributed by atoms with E-state index in [0.717, 1.165) is 16.5 Å². The van der Waals surface area contributed by atoms with E-state index in [4.69, 9.17) is 10.5 Å². The molecule has 0 saturated heterocycles. The molecule has 3 N–H and O–H groups in total. The number of nitrogens with two attached hydrogens (primary N) is 1. The zero-order valence-corrected chi connectivity index (χ0v) is 21.6. The van der Waals surface area contributed by atoms with Crippen LogP contribution in [0.5, 0.6) is 0 Å². The quantitative estimate of drug-likeness (QED) is 0.363. The number of hydrogen-bond acceptors (Lipinski definition) is 7. The Kier molecular flexibility index (Phi) is 6.86. The van der Waals surface area contributed by atoms with Gasteiger partial charge in [-0.05, 0) is 62.0 Å². The summed E-state index contributed by atoms with van der Waals surface area (Å²) in [7, 11) is 3.78. The molecule has 3 heterocycles. The number of ether oxygens (including phenoxy) is 1. The van der Waals surface area contributed by atoms with Crippen LogP contribution in [0.25, 0.3) is 10.9 Å². The highest BCUT2D eigenvalue weighted by atomic mass is 19.1. The second kappa shape index (κ2) is 10.3. The van der Waals surface area contributed by atoms with Crippen molar-refractivity contribution in [3.8, 4) is 0 Å². The lowest BCUT2D eigenvalue weighted by Crippen LogP contribution is -2.43. The van der Waals surface area contributed by atoms with Crippen molar-refractivity contribution >= 4 is 28.4 Å². The smallest absolute Gasteiger partial charge is 0.329 e. The molecule has 8 nitrogen and oxygen atoms in total. The maximum Gasteiger partial charge on any atom is 0.329 e. The van der Waals surface area contributed by atoms with Gasteiger partial charge < -0.3 is 25.3 Å². The van der Waals surface area contributed by atoms with Crippen molar-refractivity contribution in [2.75, 3.05) is 37.9 Å². The van der Waals surface area contributed by atoms with Crippen LogP contribution in [0.15, 0.2) is 65.6 Å². The third kappa shape index (κ3) is 4.72. The molecule has 196 valence electrons. The minimum Gasteiger partial charge on any atom is -0.463 e. The van der Waals surface area contributed by atoms with E-state index in [1.165, 1.54) is 6.07 Å². The average Bonchev–Trinajstić information content (AvgIpc) is 3.16. The molecule has 0 fully saturated rings. The Morgan fingerprint density at radius 2 is 1.95 bits per heavy atom. The molecule has 1 aliphatic rings. The van der Waals surface area contributed by atoms with E-state index in [9.17, 15) is 14.0 Å². The lowest BCUT2D eigenvalue weighted by molar-refractivity contribution is -0.145. The molecule has 38 heavy (non-hydrogen) atoms. The SMILES string of the molecule is Cc1cc2c(cc1F)N(Cc1cc(N)nc3ccccc13)C(C(=O)OCCN(C)C)C2c1ccc[nH]c1=O. The first-order valence-electron chi connectivity index (χ1n) is 12.4. The number of likely N-dealkylation sites (N-methyl/N-ethyl adjacent to an activating group) is 1. The van der Waals surface area contributed by atoms with Gasteiger partial charge >= 0.3 is 5.97 Å². The summed E-state index contributed by atoms with van der Waals surface area (Å²) in [6.45, 7) is 2.63. The Bertz CT molecular complexity index is 1570. The molecule has 2 aromatic carbocycles. The highest BCUT2D eigenvalue weighted by Crippen LogP contribution is 2.46. The Balaban J connectivity index is 1.68. The van der Waals surface area contributed by atoms with Gasteiger partial charge in [-0.25, -0.2) is 14.2 Å². The number of anilines is 2. The standard InChI is InChI=1S/C29H30FN5O3/c1-17-13-21-24(15-22(17)30)35(16-18-14-25(31)33-23-9-5-4-7-19(18)23)27(29(37)38-12-11-34(2)3)26(21)20-8-6-10-32-28(20)36/h4-10,13-15,26-27H,11-12,16H2,1-3H3,(H2,31,33)(H,32,36). The average molecular weight is 516 g/mol. The monoisotopic (exact) mass is 515 g/mol. The van der Waals surface area contributed by atoms with Crippen LogP contribution in [-0.4, -0.2) is 54.1 Å². The molecule has 5 rings (SSSR count). The number of H-pyrrole nitrogens is 1. The van der Waals surface area contributed by atoms with Crippen LogP contribution in [-0.2, 0) is 16.1 Å². The third-order valence-corrected chi connectivity index (χ3v) is 6.97. The predicted molar refractivity (Wildman–Crippen MR) is 146 cm³/mol.